The van der Waals surface area contributed by atoms with Gasteiger partial charge in [0.1, 0.15) is 11.6 Å². The van der Waals surface area contributed by atoms with Crippen molar-refractivity contribution in [1.29, 1.82) is 0 Å². The average Bonchev–Trinajstić information content (AvgIpc) is 1.96. The van der Waals surface area contributed by atoms with Crippen LogP contribution in [0.4, 0.5) is 13.2 Å². The van der Waals surface area contributed by atoms with Crippen LogP contribution in [0.3, 0.4) is 0 Å². The van der Waals surface area contributed by atoms with Crippen LogP contribution >= 0.6 is 15.9 Å². The molecule has 0 unspecified atom stereocenters. The van der Waals surface area contributed by atoms with Gasteiger partial charge in [-0.25, -0.2) is 8.78 Å². The van der Waals surface area contributed by atoms with Crippen LogP contribution < -0.4 is 0 Å². The van der Waals surface area contributed by atoms with Gasteiger partial charge in [-0.1, -0.05) is 0 Å². The van der Waals surface area contributed by atoms with Crippen LogP contribution in [-0.4, -0.2) is 6.04 Å². The first-order valence-corrected chi connectivity index (χ1v) is 3.66. The smallest absolute Gasteiger partial charge is 0.255 e. The molecule has 1 rings (SSSR count). The molecule has 0 amide bonds. The zero-order chi connectivity index (χ0) is 9.30. The highest BCUT2D eigenvalue weighted by molar-refractivity contribution is 9.10. The van der Waals surface area contributed by atoms with E-state index in [0.29, 0.717) is 12.1 Å². The minimum atomic E-state index is -1.99. The van der Waals surface area contributed by atoms with Gasteiger partial charge in [-0.3, -0.25) is 4.79 Å². The van der Waals surface area contributed by atoms with E-state index in [-0.39, 0.29) is 4.47 Å². The van der Waals surface area contributed by atoms with E-state index in [1.54, 1.807) is 0 Å². The molecule has 5 heteroatoms. The zero-order valence-corrected chi connectivity index (χ0v) is 7.16. The Bertz CT molecular complexity index is 338. The van der Waals surface area contributed by atoms with E-state index in [1.807, 2.05) is 0 Å². The number of carbonyl (C=O) groups excluding carboxylic acids is 1. The van der Waals surface area contributed by atoms with Crippen molar-refractivity contribution in [1.82, 2.24) is 0 Å². The van der Waals surface area contributed by atoms with Crippen LogP contribution in [0, 0.1) is 11.6 Å². The highest BCUT2D eigenvalue weighted by Crippen LogP contribution is 2.20. The van der Waals surface area contributed by atoms with E-state index in [0.717, 1.165) is 0 Å². The summed E-state index contributed by atoms with van der Waals surface area (Å²) in [4.78, 5) is 10.0. The fourth-order valence-electron chi connectivity index (χ4n) is 0.673. The fraction of sp³-hybridized carbons (Fsp3) is 0. The van der Waals surface area contributed by atoms with E-state index >= 15 is 0 Å². The maximum Gasteiger partial charge on any atom is 0.335 e. The van der Waals surface area contributed by atoms with E-state index in [4.69, 9.17) is 0 Å². The highest BCUT2D eigenvalue weighted by Gasteiger charge is 2.13. The summed E-state index contributed by atoms with van der Waals surface area (Å²) < 4.78 is 37.0. The van der Waals surface area contributed by atoms with Gasteiger partial charge < -0.3 is 0 Å². The summed E-state index contributed by atoms with van der Waals surface area (Å²) >= 11 is 2.68. The van der Waals surface area contributed by atoms with Crippen LogP contribution in [-0.2, 0) is 0 Å². The molecule has 1 nitrogen and oxygen atoms in total. The normalized spacial score (nSPS) is 10.0. The van der Waals surface area contributed by atoms with Crippen LogP contribution in [0.1, 0.15) is 10.4 Å². The highest BCUT2D eigenvalue weighted by atomic mass is 79.9. The Balaban J connectivity index is 3.33. The summed E-state index contributed by atoms with van der Waals surface area (Å²) in [5, 5.41) is 0. The Hall–Kier alpha value is -0.840. The lowest BCUT2D eigenvalue weighted by atomic mass is 10.2. The lowest BCUT2D eigenvalue weighted by molar-refractivity contribution is 0.0831. The molecule has 0 radical (unpaired) electrons. The van der Waals surface area contributed by atoms with Crippen LogP contribution in [0.5, 0.6) is 0 Å². The molecule has 0 aromatic heterocycles. The van der Waals surface area contributed by atoms with Crippen molar-refractivity contribution in [2.24, 2.45) is 0 Å². The Morgan fingerprint density at radius 1 is 1.25 bits per heavy atom. The number of benzene rings is 1. The van der Waals surface area contributed by atoms with Crippen molar-refractivity contribution in [2.45, 2.75) is 0 Å². The summed E-state index contributed by atoms with van der Waals surface area (Å²) in [6.45, 7) is 0. The second-order valence-corrected chi connectivity index (χ2v) is 2.87. The van der Waals surface area contributed by atoms with Gasteiger partial charge >= 0.3 is 6.04 Å². The van der Waals surface area contributed by atoms with Gasteiger partial charge in [0.05, 0.1) is 10.0 Å². The first-order chi connectivity index (χ1) is 5.52. The third-order valence-corrected chi connectivity index (χ3v) is 1.83. The topological polar surface area (TPSA) is 17.1 Å². The van der Waals surface area contributed by atoms with Gasteiger partial charge in [0.2, 0.25) is 0 Å². The molecule has 1 aromatic rings. The Labute approximate surface area is 74.3 Å². The van der Waals surface area contributed by atoms with Gasteiger partial charge in [0, 0.05) is 0 Å². The average molecular weight is 239 g/mol. The van der Waals surface area contributed by atoms with E-state index in [1.165, 1.54) is 0 Å². The standard InChI is InChI=1S/C7H2BrF3O/c8-4-2-5(9)3(7(11)12)1-6(4)10/h1-2H. The van der Waals surface area contributed by atoms with Crippen molar-refractivity contribution in [2.75, 3.05) is 0 Å². The molecule has 0 aliphatic rings. The molecule has 1 aromatic carbocycles. The number of hydrogen-bond acceptors (Lipinski definition) is 1. The molecular formula is C7H2BrF3O. The van der Waals surface area contributed by atoms with Crippen molar-refractivity contribution in [3.8, 4) is 0 Å². The molecule has 0 N–H and O–H groups in total. The van der Waals surface area contributed by atoms with Crippen LogP contribution in [0.25, 0.3) is 0 Å². The van der Waals surface area contributed by atoms with Crippen molar-refractivity contribution in [3.05, 3.63) is 33.8 Å². The summed E-state index contributed by atoms with van der Waals surface area (Å²) in [7, 11) is 0. The Morgan fingerprint density at radius 2 is 1.83 bits per heavy atom. The lowest BCUT2D eigenvalue weighted by Crippen LogP contribution is -1.97. The molecule has 0 spiro atoms. The number of rotatable bonds is 1. The monoisotopic (exact) mass is 238 g/mol. The third-order valence-electron chi connectivity index (χ3n) is 1.22. The van der Waals surface area contributed by atoms with Crippen LogP contribution in [0.2, 0.25) is 0 Å². The Kier molecular flexibility index (Phi) is 2.52. The minimum absolute atomic E-state index is 0.148. The van der Waals surface area contributed by atoms with Crippen LogP contribution in [0.15, 0.2) is 16.6 Å². The predicted octanol–water partition coefficient (Wildman–Crippen LogP) is 2.84. The van der Waals surface area contributed by atoms with E-state index < -0.39 is 23.2 Å². The molecule has 0 aliphatic carbocycles. The number of carbonyl (C=O) groups is 1. The van der Waals surface area contributed by atoms with Crippen molar-refractivity contribution in [3.63, 3.8) is 0 Å². The summed E-state index contributed by atoms with van der Waals surface area (Å²) in [6.07, 6.45) is 0. The molecule has 0 atom stereocenters. The zero-order valence-electron chi connectivity index (χ0n) is 5.57. The van der Waals surface area contributed by atoms with E-state index in [2.05, 4.69) is 15.9 Å². The summed E-state index contributed by atoms with van der Waals surface area (Å²) in [6, 6.07) is -0.789. The minimum Gasteiger partial charge on any atom is -0.255 e. The largest absolute Gasteiger partial charge is 0.335 e. The quantitative estimate of drug-likeness (QED) is 0.544. The first kappa shape index (κ1) is 9.25. The second kappa shape index (κ2) is 3.26. The molecule has 0 aliphatic heterocycles. The lowest BCUT2D eigenvalue weighted by Gasteiger charge is -1.97. The summed E-state index contributed by atoms with van der Waals surface area (Å²) in [5.74, 6) is -1.96. The van der Waals surface area contributed by atoms with Gasteiger partial charge in [0.15, 0.2) is 0 Å². The SMILES string of the molecule is O=C(F)c1cc(F)c(Br)cc1F. The summed E-state index contributed by atoms with van der Waals surface area (Å²) in [5.41, 5.74) is -0.893. The molecule has 64 valence electrons. The van der Waals surface area contributed by atoms with Crippen molar-refractivity contribution < 1.29 is 18.0 Å². The molecule has 0 saturated carbocycles. The maximum absolute atomic E-state index is 12.6. The molecule has 0 saturated heterocycles. The van der Waals surface area contributed by atoms with Gasteiger partial charge in [0.25, 0.3) is 0 Å². The van der Waals surface area contributed by atoms with Gasteiger partial charge in [-0.05, 0) is 28.1 Å². The maximum atomic E-state index is 12.6. The van der Waals surface area contributed by atoms with E-state index in [9.17, 15) is 18.0 Å². The molecule has 0 bridgehead atoms. The molecule has 12 heavy (non-hydrogen) atoms. The first-order valence-electron chi connectivity index (χ1n) is 2.86. The van der Waals surface area contributed by atoms with Crippen molar-refractivity contribution >= 4 is 22.0 Å². The van der Waals surface area contributed by atoms with Gasteiger partial charge in [-0.2, -0.15) is 4.39 Å². The molecule has 0 fully saturated rings. The Morgan fingerprint density at radius 3 is 2.33 bits per heavy atom. The second-order valence-electron chi connectivity index (χ2n) is 2.02. The third kappa shape index (κ3) is 1.66. The molecule has 0 heterocycles. The van der Waals surface area contributed by atoms with Gasteiger partial charge in [-0.15, -0.1) is 0 Å². The number of hydrogen-bond donors (Lipinski definition) is 0. The predicted molar refractivity (Wildman–Crippen MR) is 39.5 cm³/mol. The number of halogens is 4. The molecular weight excluding hydrogens is 237 g/mol. The fourth-order valence-corrected chi connectivity index (χ4v) is 0.989.